The molecule has 0 bridgehead atoms. The van der Waals surface area contributed by atoms with Gasteiger partial charge in [0.05, 0.1) is 5.69 Å². The van der Waals surface area contributed by atoms with Crippen molar-refractivity contribution in [2.45, 2.75) is 6.42 Å². The summed E-state index contributed by atoms with van der Waals surface area (Å²) in [5.74, 6) is 1.03. The van der Waals surface area contributed by atoms with Crippen LogP contribution < -0.4 is 5.32 Å². The molecule has 2 aromatic heterocycles. The molecule has 102 valence electrons. The third-order valence-electron chi connectivity index (χ3n) is 3.19. The van der Waals surface area contributed by atoms with Gasteiger partial charge in [0.2, 0.25) is 0 Å². The standard InChI is InChI=1S/C15H16N4O/c1-19-9-6-12(18-19)5-8-17-15-14-10-13(20)3-2-11(14)4-7-16-15/h2-4,6-7,9-10,20H,5,8H2,1H3,(H,16,17). The van der Waals surface area contributed by atoms with Crippen LogP contribution in [0, 0.1) is 0 Å². The predicted octanol–water partition coefficient (Wildman–Crippen LogP) is 2.33. The fourth-order valence-electron chi connectivity index (χ4n) is 2.20. The highest BCUT2D eigenvalue weighted by atomic mass is 16.3. The molecule has 1 aromatic carbocycles. The third kappa shape index (κ3) is 2.56. The van der Waals surface area contributed by atoms with Crippen LogP contribution in [0.5, 0.6) is 5.75 Å². The molecule has 2 N–H and O–H groups in total. The van der Waals surface area contributed by atoms with Gasteiger partial charge < -0.3 is 10.4 Å². The predicted molar refractivity (Wildman–Crippen MR) is 78.8 cm³/mol. The molecule has 0 unspecified atom stereocenters. The first-order valence-electron chi connectivity index (χ1n) is 6.52. The molecular formula is C15H16N4O. The van der Waals surface area contributed by atoms with Crippen molar-refractivity contribution in [2.75, 3.05) is 11.9 Å². The first kappa shape index (κ1) is 12.5. The van der Waals surface area contributed by atoms with E-state index in [2.05, 4.69) is 15.4 Å². The lowest BCUT2D eigenvalue weighted by Crippen LogP contribution is -2.07. The Morgan fingerprint density at radius 2 is 2.15 bits per heavy atom. The van der Waals surface area contributed by atoms with Crippen LogP contribution in [0.1, 0.15) is 5.69 Å². The highest BCUT2D eigenvalue weighted by Gasteiger charge is 2.03. The summed E-state index contributed by atoms with van der Waals surface area (Å²) >= 11 is 0. The minimum Gasteiger partial charge on any atom is -0.508 e. The maximum absolute atomic E-state index is 9.59. The lowest BCUT2D eigenvalue weighted by atomic mass is 10.1. The van der Waals surface area contributed by atoms with Gasteiger partial charge in [-0.25, -0.2) is 4.98 Å². The molecule has 3 rings (SSSR count). The zero-order valence-electron chi connectivity index (χ0n) is 11.2. The fourth-order valence-corrected chi connectivity index (χ4v) is 2.20. The van der Waals surface area contributed by atoms with Crippen molar-refractivity contribution >= 4 is 16.6 Å². The quantitative estimate of drug-likeness (QED) is 0.762. The van der Waals surface area contributed by atoms with Crippen LogP contribution in [0.2, 0.25) is 0 Å². The number of pyridine rings is 1. The summed E-state index contributed by atoms with van der Waals surface area (Å²) in [6, 6.07) is 9.23. The molecule has 0 amide bonds. The van der Waals surface area contributed by atoms with Gasteiger partial charge in [-0.15, -0.1) is 0 Å². The van der Waals surface area contributed by atoms with Crippen LogP contribution >= 0.6 is 0 Å². The van der Waals surface area contributed by atoms with Crippen LogP contribution in [0.15, 0.2) is 42.7 Å². The number of anilines is 1. The second kappa shape index (κ2) is 5.21. The molecule has 0 radical (unpaired) electrons. The van der Waals surface area contributed by atoms with Crippen molar-refractivity contribution < 1.29 is 5.11 Å². The first-order chi connectivity index (χ1) is 9.72. The Balaban J connectivity index is 1.75. The van der Waals surface area contributed by atoms with Crippen LogP contribution in [0.4, 0.5) is 5.82 Å². The number of fused-ring (bicyclic) bond motifs is 1. The summed E-state index contributed by atoms with van der Waals surface area (Å²) < 4.78 is 1.80. The van der Waals surface area contributed by atoms with E-state index < -0.39 is 0 Å². The molecule has 0 aliphatic heterocycles. The first-order valence-corrected chi connectivity index (χ1v) is 6.52. The Morgan fingerprint density at radius 3 is 2.95 bits per heavy atom. The Labute approximate surface area is 116 Å². The van der Waals surface area contributed by atoms with Crippen molar-refractivity contribution in [3.05, 3.63) is 48.4 Å². The molecular weight excluding hydrogens is 252 g/mol. The topological polar surface area (TPSA) is 63.0 Å². The number of nitrogens with one attached hydrogen (secondary N) is 1. The van der Waals surface area contributed by atoms with Crippen molar-refractivity contribution in [3.63, 3.8) is 0 Å². The molecule has 0 spiro atoms. The SMILES string of the molecule is Cn1ccc(CCNc2nccc3ccc(O)cc23)n1. The number of aromatic nitrogens is 3. The van der Waals surface area contributed by atoms with Crippen molar-refractivity contribution in [1.29, 1.82) is 0 Å². The van der Waals surface area contributed by atoms with Gasteiger partial charge in [-0.05, 0) is 29.7 Å². The molecule has 5 heteroatoms. The Bertz CT molecular complexity index is 736. The number of hydrogen-bond donors (Lipinski definition) is 2. The lowest BCUT2D eigenvalue weighted by molar-refractivity contribution is 0.476. The van der Waals surface area contributed by atoms with Gasteiger partial charge in [0.25, 0.3) is 0 Å². The van der Waals surface area contributed by atoms with Gasteiger partial charge in [0, 0.05) is 37.8 Å². The van der Waals surface area contributed by atoms with E-state index in [1.807, 2.05) is 31.4 Å². The van der Waals surface area contributed by atoms with Gasteiger partial charge in [0.1, 0.15) is 11.6 Å². The molecule has 0 aliphatic carbocycles. The highest BCUT2D eigenvalue weighted by Crippen LogP contribution is 2.24. The highest BCUT2D eigenvalue weighted by molar-refractivity contribution is 5.92. The van der Waals surface area contributed by atoms with Crippen LogP contribution in [-0.4, -0.2) is 26.4 Å². The van der Waals surface area contributed by atoms with E-state index in [1.165, 1.54) is 0 Å². The second-order valence-corrected chi connectivity index (χ2v) is 4.72. The monoisotopic (exact) mass is 268 g/mol. The Kier molecular flexibility index (Phi) is 3.25. The minimum absolute atomic E-state index is 0.248. The zero-order valence-corrected chi connectivity index (χ0v) is 11.2. The maximum atomic E-state index is 9.59. The largest absolute Gasteiger partial charge is 0.508 e. The Hall–Kier alpha value is -2.56. The van der Waals surface area contributed by atoms with Gasteiger partial charge in [-0.1, -0.05) is 6.07 Å². The molecule has 0 saturated heterocycles. The number of nitrogens with zero attached hydrogens (tertiary/aromatic N) is 3. The number of phenols is 1. The average Bonchev–Trinajstić information content (AvgIpc) is 2.85. The zero-order chi connectivity index (χ0) is 13.9. The summed E-state index contributed by atoms with van der Waals surface area (Å²) in [6.07, 6.45) is 4.53. The maximum Gasteiger partial charge on any atom is 0.133 e. The van der Waals surface area contributed by atoms with Crippen LogP contribution in [0.3, 0.4) is 0 Å². The van der Waals surface area contributed by atoms with Crippen molar-refractivity contribution in [3.8, 4) is 5.75 Å². The number of aromatic hydroxyl groups is 1. The normalized spacial score (nSPS) is 10.8. The number of aryl methyl sites for hydroxylation is 1. The van der Waals surface area contributed by atoms with E-state index in [-0.39, 0.29) is 5.75 Å². The van der Waals surface area contributed by atoms with Gasteiger partial charge in [-0.3, -0.25) is 4.68 Å². The smallest absolute Gasteiger partial charge is 0.133 e. The summed E-state index contributed by atoms with van der Waals surface area (Å²) in [5.41, 5.74) is 1.04. The van der Waals surface area contributed by atoms with E-state index in [4.69, 9.17) is 0 Å². The van der Waals surface area contributed by atoms with Gasteiger partial charge >= 0.3 is 0 Å². The molecule has 0 atom stereocenters. The van der Waals surface area contributed by atoms with Crippen LogP contribution in [0.25, 0.3) is 10.8 Å². The lowest BCUT2D eigenvalue weighted by Gasteiger charge is -2.08. The third-order valence-corrected chi connectivity index (χ3v) is 3.19. The van der Waals surface area contributed by atoms with E-state index in [0.717, 1.165) is 35.2 Å². The van der Waals surface area contributed by atoms with Crippen molar-refractivity contribution in [2.24, 2.45) is 7.05 Å². The summed E-state index contributed by atoms with van der Waals surface area (Å²) in [4.78, 5) is 4.34. The van der Waals surface area contributed by atoms with Gasteiger partial charge in [0.15, 0.2) is 0 Å². The number of rotatable bonds is 4. The number of benzene rings is 1. The van der Waals surface area contributed by atoms with Crippen molar-refractivity contribution in [1.82, 2.24) is 14.8 Å². The van der Waals surface area contributed by atoms with E-state index >= 15 is 0 Å². The van der Waals surface area contributed by atoms with Crippen LogP contribution in [-0.2, 0) is 13.5 Å². The number of hydrogen-bond acceptors (Lipinski definition) is 4. The fraction of sp³-hybridized carbons (Fsp3) is 0.200. The average molecular weight is 268 g/mol. The van der Waals surface area contributed by atoms with E-state index in [0.29, 0.717) is 0 Å². The number of phenolic OH excluding ortho intramolecular Hbond substituents is 1. The molecule has 0 saturated carbocycles. The van der Waals surface area contributed by atoms with E-state index in [1.54, 1.807) is 23.0 Å². The summed E-state index contributed by atoms with van der Waals surface area (Å²) in [5, 5.41) is 19.2. The molecule has 2 heterocycles. The summed E-state index contributed by atoms with van der Waals surface area (Å²) in [6.45, 7) is 0.749. The Morgan fingerprint density at radius 1 is 1.25 bits per heavy atom. The molecule has 20 heavy (non-hydrogen) atoms. The molecule has 5 nitrogen and oxygen atoms in total. The molecule has 0 aliphatic rings. The minimum atomic E-state index is 0.248. The van der Waals surface area contributed by atoms with Gasteiger partial charge in [-0.2, -0.15) is 5.10 Å². The molecule has 3 aromatic rings. The molecule has 0 fully saturated rings. The summed E-state index contributed by atoms with van der Waals surface area (Å²) in [7, 11) is 1.91. The van der Waals surface area contributed by atoms with E-state index in [9.17, 15) is 5.11 Å². The second-order valence-electron chi connectivity index (χ2n) is 4.72.